The molecule has 2 heterocycles. The van der Waals surface area contributed by atoms with Crippen molar-refractivity contribution in [3.63, 3.8) is 0 Å². The van der Waals surface area contributed by atoms with Gasteiger partial charge in [0.2, 0.25) is 0 Å². The molecule has 0 bridgehead atoms. The molecule has 1 aromatic carbocycles. The summed E-state index contributed by atoms with van der Waals surface area (Å²) in [6.45, 7) is 3.72. The van der Waals surface area contributed by atoms with Gasteiger partial charge in [0.05, 0.1) is 10.6 Å². The molecule has 2 aromatic heterocycles. The predicted octanol–water partition coefficient (Wildman–Crippen LogP) is 4.05. The Kier molecular flexibility index (Phi) is 5.06. The van der Waals surface area contributed by atoms with Gasteiger partial charge < -0.3 is 0 Å². The molecular formula is C18H17N3O2S2. The van der Waals surface area contributed by atoms with Crippen LogP contribution in [0, 0.1) is 13.8 Å². The Hall–Kier alpha value is -2.38. The van der Waals surface area contributed by atoms with Gasteiger partial charge in [0, 0.05) is 12.4 Å². The van der Waals surface area contributed by atoms with Crippen molar-refractivity contribution in [2.75, 3.05) is 4.72 Å². The maximum absolute atomic E-state index is 12.7. The number of hydrogen-bond acceptors (Lipinski definition) is 5. The second-order valence-corrected chi connectivity index (χ2v) is 8.22. The third-order valence-corrected chi connectivity index (χ3v) is 5.88. The maximum atomic E-state index is 12.7. The molecule has 0 spiro atoms. The predicted molar refractivity (Wildman–Crippen MR) is 99.3 cm³/mol. The smallest absolute Gasteiger partial charge is 0.262 e. The topological polar surface area (TPSA) is 72.0 Å². The molecule has 0 saturated carbocycles. The Morgan fingerprint density at radius 2 is 1.72 bits per heavy atom. The molecule has 25 heavy (non-hydrogen) atoms. The molecule has 3 aromatic rings. The lowest BCUT2D eigenvalue weighted by atomic mass is 10.2. The van der Waals surface area contributed by atoms with Crippen molar-refractivity contribution in [3.05, 3.63) is 72.1 Å². The van der Waals surface area contributed by atoms with Crippen LogP contribution in [0.2, 0.25) is 0 Å². The molecule has 1 N–H and O–H groups in total. The molecule has 0 atom stereocenters. The zero-order valence-corrected chi connectivity index (χ0v) is 15.4. The van der Waals surface area contributed by atoms with Crippen molar-refractivity contribution in [3.8, 4) is 0 Å². The zero-order chi connectivity index (χ0) is 17.9. The van der Waals surface area contributed by atoms with E-state index in [1.165, 1.54) is 11.8 Å². The molecule has 0 aliphatic rings. The molecule has 0 unspecified atom stereocenters. The number of hydrogen-bond donors (Lipinski definition) is 1. The third kappa shape index (κ3) is 4.37. The number of nitrogens with one attached hydrogen (secondary N) is 1. The summed E-state index contributed by atoms with van der Waals surface area (Å²) in [5.41, 5.74) is 2.20. The van der Waals surface area contributed by atoms with Gasteiger partial charge in [0.15, 0.2) is 0 Å². The molecule has 0 radical (unpaired) electrons. The highest BCUT2D eigenvalue weighted by Gasteiger charge is 2.17. The SMILES string of the molecule is Cc1ccc(S(=O)(=O)Nc2ccnc(Sc3ccccn3)c2)c(C)c1. The maximum Gasteiger partial charge on any atom is 0.262 e. The van der Waals surface area contributed by atoms with E-state index in [2.05, 4.69) is 14.7 Å². The second-order valence-electron chi connectivity index (χ2n) is 5.53. The van der Waals surface area contributed by atoms with E-state index in [4.69, 9.17) is 0 Å². The van der Waals surface area contributed by atoms with E-state index in [1.807, 2.05) is 31.2 Å². The average Bonchev–Trinajstić information content (AvgIpc) is 2.55. The van der Waals surface area contributed by atoms with Gasteiger partial charge in [-0.05, 0) is 49.7 Å². The van der Waals surface area contributed by atoms with Crippen LogP contribution in [-0.4, -0.2) is 18.4 Å². The van der Waals surface area contributed by atoms with E-state index < -0.39 is 10.0 Å². The summed E-state index contributed by atoms with van der Waals surface area (Å²) in [7, 11) is -3.65. The summed E-state index contributed by atoms with van der Waals surface area (Å²) in [6, 6.07) is 14.2. The number of sulfonamides is 1. The lowest BCUT2D eigenvalue weighted by molar-refractivity contribution is 0.600. The van der Waals surface area contributed by atoms with Gasteiger partial charge in [-0.1, -0.05) is 35.5 Å². The molecule has 0 saturated heterocycles. The third-order valence-electron chi connectivity index (χ3n) is 3.45. The zero-order valence-electron chi connectivity index (χ0n) is 13.8. The Labute approximate surface area is 151 Å². The molecule has 0 aliphatic heterocycles. The minimum Gasteiger partial charge on any atom is -0.279 e. The Bertz CT molecular complexity index is 990. The Balaban J connectivity index is 1.84. The summed E-state index contributed by atoms with van der Waals surface area (Å²) in [6.07, 6.45) is 3.28. The molecular weight excluding hydrogens is 354 g/mol. The fourth-order valence-electron chi connectivity index (χ4n) is 2.35. The first kappa shape index (κ1) is 17.4. The number of pyridine rings is 2. The van der Waals surface area contributed by atoms with E-state index in [9.17, 15) is 8.42 Å². The van der Waals surface area contributed by atoms with Gasteiger partial charge in [-0.2, -0.15) is 0 Å². The van der Waals surface area contributed by atoms with Gasteiger partial charge in [0.1, 0.15) is 10.1 Å². The highest BCUT2D eigenvalue weighted by molar-refractivity contribution is 7.99. The molecule has 128 valence electrons. The lowest BCUT2D eigenvalue weighted by Crippen LogP contribution is -2.14. The van der Waals surface area contributed by atoms with Crippen LogP contribution in [0.25, 0.3) is 0 Å². The molecule has 0 fully saturated rings. The molecule has 3 rings (SSSR count). The van der Waals surface area contributed by atoms with Crippen molar-refractivity contribution < 1.29 is 8.42 Å². The van der Waals surface area contributed by atoms with E-state index in [-0.39, 0.29) is 4.90 Å². The Morgan fingerprint density at radius 3 is 2.44 bits per heavy atom. The standard InChI is InChI=1S/C18H17N3O2S2/c1-13-6-7-16(14(2)11-13)25(22,23)21-15-8-10-20-18(12-15)24-17-5-3-4-9-19-17/h3-12H,1-2H3,(H,20,21). The quantitative estimate of drug-likeness (QED) is 0.733. The van der Waals surface area contributed by atoms with Crippen LogP contribution in [0.15, 0.2) is 75.9 Å². The van der Waals surface area contributed by atoms with Gasteiger partial charge >= 0.3 is 0 Å². The average molecular weight is 371 g/mol. The molecule has 0 aliphatic carbocycles. The fourth-order valence-corrected chi connectivity index (χ4v) is 4.41. The summed E-state index contributed by atoms with van der Waals surface area (Å²) < 4.78 is 27.9. The summed E-state index contributed by atoms with van der Waals surface area (Å²) in [5.74, 6) is 0. The fraction of sp³-hybridized carbons (Fsp3) is 0.111. The van der Waals surface area contributed by atoms with Crippen molar-refractivity contribution >= 4 is 27.5 Å². The minimum absolute atomic E-state index is 0.272. The van der Waals surface area contributed by atoms with Crippen molar-refractivity contribution in [2.24, 2.45) is 0 Å². The van der Waals surface area contributed by atoms with Gasteiger partial charge in [-0.3, -0.25) is 4.72 Å². The normalized spacial score (nSPS) is 11.3. The van der Waals surface area contributed by atoms with Crippen molar-refractivity contribution in [1.29, 1.82) is 0 Å². The number of aromatic nitrogens is 2. The molecule has 7 heteroatoms. The van der Waals surface area contributed by atoms with Crippen LogP contribution in [0.4, 0.5) is 5.69 Å². The number of benzene rings is 1. The van der Waals surface area contributed by atoms with E-state index in [0.717, 1.165) is 10.6 Å². The first-order valence-corrected chi connectivity index (χ1v) is 9.89. The summed E-state index contributed by atoms with van der Waals surface area (Å²) in [5, 5.41) is 1.46. The lowest BCUT2D eigenvalue weighted by Gasteiger charge is -2.11. The van der Waals surface area contributed by atoms with Crippen LogP contribution >= 0.6 is 11.8 Å². The van der Waals surface area contributed by atoms with Crippen LogP contribution in [0.3, 0.4) is 0 Å². The van der Waals surface area contributed by atoms with E-state index >= 15 is 0 Å². The van der Waals surface area contributed by atoms with Gasteiger partial charge in [0.25, 0.3) is 10.0 Å². The minimum atomic E-state index is -3.65. The van der Waals surface area contributed by atoms with Crippen LogP contribution in [-0.2, 0) is 10.0 Å². The van der Waals surface area contributed by atoms with E-state index in [0.29, 0.717) is 16.3 Å². The number of anilines is 1. The number of rotatable bonds is 5. The van der Waals surface area contributed by atoms with Crippen LogP contribution in [0.5, 0.6) is 0 Å². The van der Waals surface area contributed by atoms with Crippen LogP contribution < -0.4 is 4.72 Å². The summed E-state index contributed by atoms with van der Waals surface area (Å²) >= 11 is 1.37. The van der Waals surface area contributed by atoms with Crippen molar-refractivity contribution in [1.82, 2.24) is 9.97 Å². The first-order chi connectivity index (χ1) is 11.9. The monoisotopic (exact) mass is 371 g/mol. The summed E-state index contributed by atoms with van der Waals surface area (Å²) in [4.78, 5) is 8.76. The van der Waals surface area contributed by atoms with Crippen LogP contribution in [0.1, 0.15) is 11.1 Å². The van der Waals surface area contributed by atoms with Gasteiger partial charge in [-0.15, -0.1) is 0 Å². The Morgan fingerprint density at radius 1 is 0.920 bits per heavy atom. The largest absolute Gasteiger partial charge is 0.279 e. The van der Waals surface area contributed by atoms with Gasteiger partial charge in [-0.25, -0.2) is 18.4 Å². The first-order valence-electron chi connectivity index (χ1n) is 7.59. The van der Waals surface area contributed by atoms with E-state index in [1.54, 1.807) is 43.6 Å². The second kappa shape index (κ2) is 7.25. The van der Waals surface area contributed by atoms with Crippen molar-refractivity contribution in [2.45, 2.75) is 28.8 Å². The highest BCUT2D eigenvalue weighted by atomic mass is 32.2. The molecule has 0 amide bonds. The number of aryl methyl sites for hydroxylation is 2. The highest BCUT2D eigenvalue weighted by Crippen LogP contribution is 2.27. The molecule has 5 nitrogen and oxygen atoms in total. The number of nitrogens with zero attached hydrogens (tertiary/aromatic N) is 2.